The lowest BCUT2D eigenvalue weighted by Crippen LogP contribution is -2.37. The van der Waals surface area contributed by atoms with Gasteiger partial charge in [-0.1, -0.05) is 94.2 Å². The van der Waals surface area contributed by atoms with E-state index in [1.54, 1.807) is 0 Å². The first-order valence-corrected chi connectivity index (χ1v) is 10.5. The number of rotatable bonds is 2. The Morgan fingerprint density at radius 3 is 2.14 bits per heavy atom. The number of anilines is 3. The molecule has 138 valence electrons. The minimum atomic E-state index is -0.341. The summed E-state index contributed by atoms with van der Waals surface area (Å²) in [5, 5.41) is 0. The van der Waals surface area contributed by atoms with Gasteiger partial charge >= 0.3 is 0 Å². The van der Waals surface area contributed by atoms with Crippen LogP contribution in [0.25, 0.3) is 0 Å². The maximum absolute atomic E-state index is 6.61. The lowest BCUT2D eigenvalue weighted by Gasteiger charge is -2.45. The molecule has 0 saturated carbocycles. The Morgan fingerprint density at radius 2 is 1.41 bits per heavy atom. The number of para-hydroxylation sites is 2. The SMILES string of the molecule is [B]c1cccc2c1N(c1ccccc1)c1cccc(Br)c1C2(C)c1ccccc1. The van der Waals surface area contributed by atoms with Crippen LogP contribution >= 0.6 is 15.9 Å². The first kappa shape index (κ1) is 18.3. The molecule has 0 amide bonds. The van der Waals surface area contributed by atoms with Crippen LogP contribution in [0, 0.1) is 0 Å². The van der Waals surface area contributed by atoms with Gasteiger partial charge in [-0.3, -0.25) is 0 Å². The Kier molecular flexibility index (Phi) is 4.36. The van der Waals surface area contributed by atoms with E-state index in [1.165, 1.54) is 16.7 Å². The smallest absolute Gasteiger partial charge is 0.116 e. The predicted molar refractivity (Wildman–Crippen MR) is 126 cm³/mol. The summed E-state index contributed by atoms with van der Waals surface area (Å²) in [4.78, 5) is 2.29. The Bertz CT molecular complexity index is 1190. The van der Waals surface area contributed by atoms with E-state index in [0.717, 1.165) is 27.0 Å². The van der Waals surface area contributed by atoms with Crippen molar-refractivity contribution in [1.29, 1.82) is 0 Å². The van der Waals surface area contributed by atoms with Crippen molar-refractivity contribution in [2.24, 2.45) is 0 Å². The van der Waals surface area contributed by atoms with Crippen molar-refractivity contribution in [1.82, 2.24) is 0 Å². The van der Waals surface area contributed by atoms with Crippen molar-refractivity contribution in [3.05, 3.63) is 118 Å². The van der Waals surface area contributed by atoms with Crippen LogP contribution in [-0.2, 0) is 5.41 Å². The number of nitrogens with zero attached hydrogens (tertiary/aromatic N) is 1. The zero-order valence-corrected chi connectivity index (χ0v) is 17.7. The number of hydrogen-bond acceptors (Lipinski definition) is 1. The molecule has 0 spiro atoms. The van der Waals surface area contributed by atoms with Crippen molar-refractivity contribution in [2.75, 3.05) is 4.90 Å². The maximum atomic E-state index is 6.61. The Balaban J connectivity index is 1.93. The fourth-order valence-electron chi connectivity index (χ4n) is 4.58. The van der Waals surface area contributed by atoms with Crippen molar-refractivity contribution in [2.45, 2.75) is 12.3 Å². The van der Waals surface area contributed by atoms with E-state index in [1.807, 2.05) is 12.1 Å². The summed E-state index contributed by atoms with van der Waals surface area (Å²) in [5.41, 5.74) is 7.42. The van der Waals surface area contributed by atoms with Gasteiger partial charge < -0.3 is 4.90 Å². The summed E-state index contributed by atoms with van der Waals surface area (Å²) >= 11 is 3.87. The van der Waals surface area contributed by atoms with Crippen LogP contribution in [0.15, 0.2) is 102 Å². The molecule has 0 saturated heterocycles. The molecule has 1 unspecified atom stereocenters. The van der Waals surface area contributed by atoms with E-state index in [-0.39, 0.29) is 5.41 Å². The number of halogens is 1. The van der Waals surface area contributed by atoms with E-state index in [4.69, 9.17) is 7.85 Å². The van der Waals surface area contributed by atoms with Gasteiger partial charge in [0, 0.05) is 26.8 Å². The maximum Gasteiger partial charge on any atom is 0.116 e. The predicted octanol–water partition coefficient (Wildman–Crippen LogP) is 6.38. The third kappa shape index (κ3) is 2.68. The van der Waals surface area contributed by atoms with Crippen molar-refractivity contribution < 1.29 is 0 Å². The Morgan fingerprint density at radius 1 is 0.759 bits per heavy atom. The molecule has 5 rings (SSSR count). The third-order valence-corrected chi connectivity index (χ3v) is 6.59. The minimum absolute atomic E-state index is 0.341. The second-order valence-corrected chi connectivity index (χ2v) is 8.39. The van der Waals surface area contributed by atoms with Gasteiger partial charge in [-0.2, -0.15) is 0 Å². The van der Waals surface area contributed by atoms with E-state index < -0.39 is 0 Å². The van der Waals surface area contributed by atoms with Crippen LogP contribution < -0.4 is 10.4 Å². The van der Waals surface area contributed by atoms with Crippen molar-refractivity contribution in [3.8, 4) is 0 Å². The topological polar surface area (TPSA) is 3.24 Å². The van der Waals surface area contributed by atoms with Crippen LogP contribution in [-0.4, -0.2) is 7.85 Å². The molecular weight excluding hydrogens is 417 g/mol. The highest BCUT2D eigenvalue weighted by Crippen LogP contribution is 2.55. The molecule has 1 heterocycles. The van der Waals surface area contributed by atoms with Gasteiger partial charge in [0.25, 0.3) is 0 Å². The lowest BCUT2D eigenvalue weighted by molar-refractivity contribution is 0.678. The van der Waals surface area contributed by atoms with Gasteiger partial charge in [0.05, 0.1) is 5.69 Å². The molecular formula is C26H19BBrN. The van der Waals surface area contributed by atoms with Gasteiger partial charge in [0.15, 0.2) is 0 Å². The number of benzene rings is 4. The largest absolute Gasteiger partial charge is 0.310 e. The van der Waals surface area contributed by atoms with Crippen LogP contribution in [0.2, 0.25) is 0 Å². The lowest BCUT2D eigenvalue weighted by atomic mass is 9.66. The van der Waals surface area contributed by atoms with Gasteiger partial charge in [-0.05, 0) is 42.3 Å². The summed E-state index contributed by atoms with van der Waals surface area (Å²) in [6.45, 7) is 2.30. The number of fused-ring (bicyclic) bond motifs is 2. The quantitative estimate of drug-likeness (QED) is 0.330. The molecule has 1 aliphatic heterocycles. The van der Waals surface area contributed by atoms with Gasteiger partial charge in [-0.15, -0.1) is 0 Å². The molecule has 1 nitrogen and oxygen atoms in total. The summed E-state index contributed by atoms with van der Waals surface area (Å²) in [5.74, 6) is 0. The van der Waals surface area contributed by atoms with Gasteiger partial charge in [0.2, 0.25) is 0 Å². The summed E-state index contributed by atoms with van der Waals surface area (Å²) in [6.07, 6.45) is 0. The average molecular weight is 436 g/mol. The standard InChI is InChI=1S/C26H19BBrN/c1-26(18-10-4-2-5-11-18)20-14-8-15-21(27)25(20)29(19-12-6-3-7-13-19)23-17-9-16-22(28)24(23)26/h2-17H,1H3. The van der Waals surface area contributed by atoms with E-state index in [0.29, 0.717) is 0 Å². The fourth-order valence-corrected chi connectivity index (χ4v) is 5.33. The van der Waals surface area contributed by atoms with Crippen LogP contribution in [0.4, 0.5) is 17.1 Å². The molecule has 0 bridgehead atoms. The van der Waals surface area contributed by atoms with Crippen LogP contribution in [0.3, 0.4) is 0 Å². The fraction of sp³-hybridized carbons (Fsp3) is 0.0769. The van der Waals surface area contributed by atoms with E-state index in [9.17, 15) is 0 Å². The molecule has 0 N–H and O–H groups in total. The molecule has 29 heavy (non-hydrogen) atoms. The third-order valence-electron chi connectivity index (χ3n) is 5.93. The van der Waals surface area contributed by atoms with E-state index >= 15 is 0 Å². The highest BCUT2D eigenvalue weighted by Gasteiger charge is 2.43. The number of hydrogen-bond donors (Lipinski definition) is 0. The second-order valence-electron chi connectivity index (χ2n) is 7.54. The molecule has 3 heteroatoms. The zero-order chi connectivity index (χ0) is 20.0. The second kappa shape index (κ2) is 6.93. The Labute approximate surface area is 181 Å². The molecule has 4 aromatic carbocycles. The van der Waals surface area contributed by atoms with Crippen molar-refractivity contribution >= 4 is 46.3 Å². The molecule has 2 radical (unpaired) electrons. The Hall–Kier alpha value is -2.78. The van der Waals surface area contributed by atoms with E-state index in [2.05, 4.69) is 113 Å². The molecule has 4 aromatic rings. The molecule has 0 aliphatic carbocycles. The highest BCUT2D eigenvalue weighted by atomic mass is 79.9. The zero-order valence-electron chi connectivity index (χ0n) is 16.1. The summed E-state index contributed by atoms with van der Waals surface area (Å²) < 4.78 is 1.09. The first-order chi connectivity index (χ1) is 14.1. The average Bonchev–Trinajstić information content (AvgIpc) is 2.76. The minimum Gasteiger partial charge on any atom is -0.310 e. The van der Waals surface area contributed by atoms with Gasteiger partial charge in [0.1, 0.15) is 7.85 Å². The monoisotopic (exact) mass is 435 g/mol. The highest BCUT2D eigenvalue weighted by molar-refractivity contribution is 9.10. The first-order valence-electron chi connectivity index (χ1n) is 9.71. The molecule has 1 aliphatic rings. The van der Waals surface area contributed by atoms with Crippen LogP contribution in [0.5, 0.6) is 0 Å². The summed E-state index contributed by atoms with van der Waals surface area (Å²) in [7, 11) is 6.61. The molecule has 0 fully saturated rings. The van der Waals surface area contributed by atoms with Crippen molar-refractivity contribution in [3.63, 3.8) is 0 Å². The van der Waals surface area contributed by atoms with Gasteiger partial charge in [-0.25, -0.2) is 0 Å². The summed E-state index contributed by atoms with van der Waals surface area (Å²) in [6, 6.07) is 33.8. The normalized spacial score (nSPS) is 17.5. The molecule has 1 atom stereocenters. The molecule has 0 aromatic heterocycles. The van der Waals surface area contributed by atoms with Crippen LogP contribution in [0.1, 0.15) is 23.6 Å².